The number of nitrogens with zero attached hydrogens (tertiary/aromatic N) is 4. The second kappa shape index (κ2) is 9.97. The van der Waals surface area contributed by atoms with Gasteiger partial charge in [0.2, 0.25) is 0 Å². The van der Waals surface area contributed by atoms with Crippen LogP contribution < -0.4 is 10.5 Å². The number of amides is 1. The molecule has 0 spiro atoms. The van der Waals surface area contributed by atoms with Gasteiger partial charge in [0.1, 0.15) is 21.8 Å². The minimum Gasteiger partial charge on any atom is -0.372 e. The monoisotopic (exact) mass is 508 g/mol. The number of ether oxygens (including phenoxy) is 1. The summed E-state index contributed by atoms with van der Waals surface area (Å²) < 4.78 is 7.88. The first-order chi connectivity index (χ1) is 16.6. The van der Waals surface area contributed by atoms with Crippen LogP contribution in [0.25, 0.3) is 6.08 Å². The van der Waals surface area contributed by atoms with Gasteiger partial charge in [-0.2, -0.15) is 5.26 Å². The summed E-state index contributed by atoms with van der Waals surface area (Å²) in [5.74, 6) is 0.499. The standard InChI is InChI=1S/C26H28N4O3S2/c1-15-6-8-19(9-7-15)14-30-25(32)22(35-26(30)34)10-20-18(4)21(11-27)24(31)28(5)23(20)29-12-16(2)33-17(3)13-29/h6-10,16-17H,12-14H2,1-5H3. The van der Waals surface area contributed by atoms with Crippen molar-refractivity contribution in [3.05, 3.63) is 67.3 Å². The molecule has 1 amide bonds. The number of thioether (sulfide) groups is 1. The van der Waals surface area contributed by atoms with Crippen LogP contribution in [0, 0.1) is 25.2 Å². The zero-order chi connectivity index (χ0) is 25.4. The van der Waals surface area contributed by atoms with E-state index in [4.69, 9.17) is 17.0 Å². The fourth-order valence-corrected chi connectivity index (χ4v) is 5.83. The average Bonchev–Trinajstić information content (AvgIpc) is 3.06. The number of pyridine rings is 1. The lowest BCUT2D eigenvalue weighted by molar-refractivity contribution is -0.122. The number of carbonyl (C=O) groups is 1. The van der Waals surface area contributed by atoms with E-state index >= 15 is 0 Å². The molecule has 3 heterocycles. The number of thiocarbonyl (C=S) groups is 1. The molecule has 1 aromatic heterocycles. The third-order valence-corrected chi connectivity index (χ3v) is 7.68. The van der Waals surface area contributed by atoms with Gasteiger partial charge in [-0.25, -0.2) is 0 Å². The summed E-state index contributed by atoms with van der Waals surface area (Å²) in [6.45, 7) is 9.35. The van der Waals surface area contributed by atoms with Crippen molar-refractivity contribution < 1.29 is 9.53 Å². The Morgan fingerprint density at radius 2 is 1.80 bits per heavy atom. The average molecular weight is 509 g/mol. The second-order valence-electron chi connectivity index (χ2n) is 9.13. The van der Waals surface area contributed by atoms with E-state index < -0.39 is 0 Å². The molecule has 2 aromatic rings. The molecule has 2 aliphatic heterocycles. The maximum Gasteiger partial charge on any atom is 0.270 e. The van der Waals surface area contributed by atoms with Crippen LogP contribution >= 0.6 is 24.0 Å². The lowest BCUT2D eigenvalue weighted by atomic mass is 10.0. The number of rotatable bonds is 4. The Labute approximate surface area is 215 Å². The first kappa shape index (κ1) is 25.2. The van der Waals surface area contributed by atoms with Crippen molar-refractivity contribution in [1.29, 1.82) is 5.26 Å². The van der Waals surface area contributed by atoms with Gasteiger partial charge >= 0.3 is 0 Å². The largest absolute Gasteiger partial charge is 0.372 e. The van der Waals surface area contributed by atoms with E-state index in [9.17, 15) is 14.9 Å². The first-order valence-corrected chi connectivity index (χ1v) is 12.7. The van der Waals surface area contributed by atoms with E-state index in [0.29, 0.717) is 45.8 Å². The molecule has 0 aliphatic carbocycles. The van der Waals surface area contributed by atoms with Gasteiger partial charge in [0.15, 0.2) is 0 Å². The summed E-state index contributed by atoms with van der Waals surface area (Å²) >= 11 is 6.79. The summed E-state index contributed by atoms with van der Waals surface area (Å²) in [6, 6.07) is 10.1. The Kier molecular flexibility index (Phi) is 7.17. The zero-order valence-electron chi connectivity index (χ0n) is 20.5. The minimum absolute atomic E-state index is 0.0228. The van der Waals surface area contributed by atoms with E-state index in [1.807, 2.05) is 51.1 Å². The smallest absolute Gasteiger partial charge is 0.270 e. The molecule has 2 unspecified atom stereocenters. The van der Waals surface area contributed by atoms with Gasteiger partial charge in [-0.05, 0) is 44.9 Å². The van der Waals surface area contributed by atoms with Crippen LogP contribution in [0.4, 0.5) is 5.82 Å². The van der Waals surface area contributed by atoms with Gasteiger partial charge in [0.25, 0.3) is 11.5 Å². The Morgan fingerprint density at radius 1 is 1.17 bits per heavy atom. The normalized spacial score (nSPS) is 21.7. The summed E-state index contributed by atoms with van der Waals surface area (Å²) in [4.78, 5) is 30.6. The van der Waals surface area contributed by atoms with Gasteiger partial charge in [-0.1, -0.05) is 53.8 Å². The minimum atomic E-state index is -0.351. The van der Waals surface area contributed by atoms with Crippen molar-refractivity contribution in [3.63, 3.8) is 0 Å². The van der Waals surface area contributed by atoms with Gasteiger partial charge in [0.05, 0.1) is 23.7 Å². The Balaban J connectivity index is 1.78. The molecule has 0 radical (unpaired) electrons. The van der Waals surface area contributed by atoms with Crippen LogP contribution in [0.2, 0.25) is 0 Å². The number of hydrogen-bond acceptors (Lipinski definition) is 7. The third kappa shape index (κ3) is 4.92. The predicted molar refractivity (Wildman–Crippen MR) is 143 cm³/mol. The number of aromatic nitrogens is 1. The van der Waals surface area contributed by atoms with E-state index in [2.05, 4.69) is 4.90 Å². The van der Waals surface area contributed by atoms with Gasteiger partial charge in [-0.3, -0.25) is 19.1 Å². The number of aryl methyl sites for hydroxylation is 1. The number of anilines is 1. The van der Waals surface area contributed by atoms with E-state index in [0.717, 1.165) is 11.1 Å². The SMILES string of the molecule is Cc1ccc(CN2C(=O)C(=Cc3c(C)c(C#N)c(=O)n(C)c3N3CC(C)OC(C)C3)SC2=S)cc1. The number of morpholine rings is 1. The van der Waals surface area contributed by atoms with Crippen LogP contribution in [0.1, 0.15) is 41.7 Å². The molecule has 2 atom stereocenters. The molecule has 0 saturated carbocycles. The fourth-order valence-electron chi connectivity index (χ4n) is 4.59. The van der Waals surface area contributed by atoms with Crippen LogP contribution in [0.3, 0.4) is 0 Å². The molecule has 7 nitrogen and oxygen atoms in total. The highest BCUT2D eigenvalue weighted by Gasteiger charge is 2.34. The predicted octanol–water partition coefficient (Wildman–Crippen LogP) is 3.89. The highest BCUT2D eigenvalue weighted by Crippen LogP contribution is 2.37. The van der Waals surface area contributed by atoms with Gasteiger partial charge < -0.3 is 9.64 Å². The molecular formula is C26H28N4O3S2. The number of hydrogen-bond donors (Lipinski definition) is 0. The molecule has 0 N–H and O–H groups in total. The molecule has 2 fully saturated rings. The van der Waals surface area contributed by atoms with Crippen molar-refractivity contribution in [2.45, 2.75) is 46.4 Å². The lowest BCUT2D eigenvalue weighted by Gasteiger charge is -2.38. The number of nitriles is 1. The number of carbonyl (C=O) groups excluding carboxylic acids is 1. The van der Waals surface area contributed by atoms with Crippen molar-refractivity contribution >= 4 is 46.1 Å². The van der Waals surface area contributed by atoms with Crippen LogP contribution in [-0.2, 0) is 23.1 Å². The molecule has 4 rings (SSSR count). The molecule has 9 heteroatoms. The van der Waals surface area contributed by atoms with Gasteiger partial charge in [0, 0.05) is 25.7 Å². The fraction of sp³-hybridized carbons (Fsp3) is 0.385. The van der Waals surface area contributed by atoms with E-state index in [1.165, 1.54) is 16.3 Å². The maximum atomic E-state index is 13.4. The van der Waals surface area contributed by atoms with Crippen LogP contribution in [0.5, 0.6) is 0 Å². The molecular weight excluding hydrogens is 480 g/mol. The van der Waals surface area contributed by atoms with Crippen molar-refractivity contribution in [2.75, 3.05) is 18.0 Å². The van der Waals surface area contributed by atoms with Crippen molar-refractivity contribution in [2.24, 2.45) is 7.05 Å². The molecule has 2 aliphatic rings. The van der Waals surface area contributed by atoms with Crippen LogP contribution in [0.15, 0.2) is 34.0 Å². The first-order valence-electron chi connectivity index (χ1n) is 11.5. The highest BCUT2D eigenvalue weighted by molar-refractivity contribution is 8.26. The summed E-state index contributed by atoms with van der Waals surface area (Å²) in [7, 11) is 1.67. The second-order valence-corrected chi connectivity index (χ2v) is 10.8. The lowest BCUT2D eigenvalue weighted by Crippen LogP contribution is -2.47. The third-order valence-electron chi connectivity index (χ3n) is 6.30. The van der Waals surface area contributed by atoms with Gasteiger partial charge in [-0.15, -0.1) is 0 Å². The topological polar surface area (TPSA) is 78.6 Å². The van der Waals surface area contributed by atoms with Crippen molar-refractivity contribution in [3.8, 4) is 6.07 Å². The highest BCUT2D eigenvalue weighted by atomic mass is 32.2. The zero-order valence-corrected chi connectivity index (χ0v) is 22.1. The Morgan fingerprint density at radius 3 is 2.40 bits per heavy atom. The summed E-state index contributed by atoms with van der Waals surface area (Å²) in [5.41, 5.74) is 3.11. The maximum absolute atomic E-state index is 13.4. The summed E-state index contributed by atoms with van der Waals surface area (Å²) in [6.07, 6.45) is 1.74. The van der Waals surface area contributed by atoms with E-state index in [1.54, 1.807) is 24.9 Å². The molecule has 0 bridgehead atoms. The van der Waals surface area contributed by atoms with Crippen molar-refractivity contribution in [1.82, 2.24) is 9.47 Å². The Bertz CT molecular complexity index is 1310. The number of benzene rings is 1. The molecule has 2 saturated heterocycles. The Hall–Kier alpha value is -2.93. The molecule has 35 heavy (non-hydrogen) atoms. The molecule has 182 valence electrons. The van der Waals surface area contributed by atoms with E-state index in [-0.39, 0.29) is 29.2 Å². The summed E-state index contributed by atoms with van der Waals surface area (Å²) in [5, 5.41) is 9.70. The van der Waals surface area contributed by atoms with Crippen LogP contribution in [-0.4, -0.2) is 45.0 Å². The molecule has 1 aromatic carbocycles. The quantitative estimate of drug-likeness (QED) is 0.458.